The second-order valence-electron chi connectivity index (χ2n) is 6.66. The Hall–Kier alpha value is -1.29. The van der Waals surface area contributed by atoms with Crippen LogP contribution in [0.25, 0.3) is 0 Å². The van der Waals surface area contributed by atoms with Crippen molar-refractivity contribution in [2.24, 2.45) is 5.41 Å². The minimum Gasteiger partial charge on any atom is -0.397 e. The van der Waals surface area contributed by atoms with E-state index >= 15 is 0 Å². The normalized spacial score (nSPS) is 17.9. The van der Waals surface area contributed by atoms with Crippen LogP contribution >= 0.6 is 12.4 Å². The van der Waals surface area contributed by atoms with Crippen molar-refractivity contribution < 1.29 is 4.79 Å². The van der Waals surface area contributed by atoms with Crippen LogP contribution in [0.5, 0.6) is 0 Å². The fourth-order valence-corrected chi connectivity index (χ4v) is 2.80. The Morgan fingerprint density at radius 2 is 2.00 bits per heavy atom. The van der Waals surface area contributed by atoms with Crippen LogP contribution in [0.15, 0.2) is 18.3 Å². The highest BCUT2D eigenvalue weighted by Gasteiger charge is 2.30. The number of nitrogens with two attached hydrogens (primary N) is 1. The molecule has 4 nitrogen and oxygen atoms in total. The molecule has 21 heavy (non-hydrogen) atoms. The van der Waals surface area contributed by atoms with Gasteiger partial charge in [0.25, 0.3) is 0 Å². The predicted octanol–water partition coefficient (Wildman–Crippen LogP) is 3.06. The van der Waals surface area contributed by atoms with Crippen molar-refractivity contribution in [1.29, 1.82) is 0 Å². The monoisotopic (exact) mass is 311 g/mol. The van der Waals surface area contributed by atoms with E-state index in [0.717, 1.165) is 18.5 Å². The van der Waals surface area contributed by atoms with Gasteiger partial charge in [-0.3, -0.25) is 9.78 Å². The van der Waals surface area contributed by atoms with Crippen molar-refractivity contribution in [2.45, 2.75) is 52.0 Å². The molecule has 0 aliphatic heterocycles. The number of nitrogen functional groups attached to an aromatic ring is 1. The molecule has 0 aromatic carbocycles. The average Bonchev–Trinajstić information content (AvgIpc) is 2.40. The predicted molar refractivity (Wildman–Crippen MR) is 88.4 cm³/mol. The van der Waals surface area contributed by atoms with Gasteiger partial charge in [-0.25, -0.2) is 0 Å². The first-order chi connectivity index (χ1) is 9.37. The van der Waals surface area contributed by atoms with Gasteiger partial charge in [0.1, 0.15) is 0 Å². The number of hydrogen-bond donors (Lipinski definition) is 1. The Bertz CT molecular complexity index is 463. The molecule has 1 aromatic rings. The number of carbonyl (C=O) groups is 1. The van der Waals surface area contributed by atoms with E-state index in [9.17, 15) is 4.79 Å². The molecule has 1 heterocycles. The Kier molecular flexibility index (Phi) is 6.02. The lowest BCUT2D eigenvalue weighted by molar-refractivity contribution is -0.132. The minimum atomic E-state index is 0. The summed E-state index contributed by atoms with van der Waals surface area (Å²) in [6.45, 7) is 4.62. The van der Waals surface area contributed by atoms with Crippen LogP contribution in [0.4, 0.5) is 5.69 Å². The number of hydrogen-bond acceptors (Lipinski definition) is 3. The van der Waals surface area contributed by atoms with Gasteiger partial charge in [-0.1, -0.05) is 13.8 Å². The molecular formula is C16H26ClN3O. The standard InChI is InChI=1S/C16H25N3O.ClH/c1-16(2)8-6-14(7-9-16)19(3)15(20)10-13-5-4-12(17)11-18-13;/h4-5,11,14H,6-10,17H2,1-3H3;1H. The largest absolute Gasteiger partial charge is 0.397 e. The number of likely N-dealkylation sites (N-methyl/N-ethyl adjacent to an activating group) is 1. The van der Waals surface area contributed by atoms with Crippen LogP contribution in [0.2, 0.25) is 0 Å². The van der Waals surface area contributed by atoms with Crippen LogP contribution in [0, 0.1) is 5.41 Å². The number of amides is 1. The van der Waals surface area contributed by atoms with E-state index in [-0.39, 0.29) is 18.3 Å². The molecule has 1 amide bonds. The summed E-state index contributed by atoms with van der Waals surface area (Å²) in [7, 11) is 1.92. The van der Waals surface area contributed by atoms with Gasteiger partial charge in [0.05, 0.1) is 18.3 Å². The maximum atomic E-state index is 12.3. The molecule has 118 valence electrons. The van der Waals surface area contributed by atoms with Crippen LogP contribution < -0.4 is 5.73 Å². The van der Waals surface area contributed by atoms with Crippen molar-refractivity contribution in [3.8, 4) is 0 Å². The molecular weight excluding hydrogens is 286 g/mol. The Labute approximate surface area is 133 Å². The van der Waals surface area contributed by atoms with Gasteiger partial charge in [-0.15, -0.1) is 12.4 Å². The fourth-order valence-electron chi connectivity index (χ4n) is 2.80. The van der Waals surface area contributed by atoms with Gasteiger partial charge >= 0.3 is 0 Å². The first kappa shape index (κ1) is 17.8. The van der Waals surface area contributed by atoms with E-state index in [1.54, 1.807) is 12.3 Å². The zero-order chi connectivity index (χ0) is 14.8. The van der Waals surface area contributed by atoms with E-state index in [0.29, 0.717) is 23.6 Å². The molecule has 1 saturated carbocycles. The molecule has 0 saturated heterocycles. The number of anilines is 1. The van der Waals surface area contributed by atoms with Gasteiger partial charge in [-0.2, -0.15) is 0 Å². The summed E-state index contributed by atoms with van der Waals surface area (Å²) in [5.41, 5.74) is 7.44. The van der Waals surface area contributed by atoms with Crippen LogP contribution in [0.3, 0.4) is 0 Å². The first-order valence-electron chi connectivity index (χ1n) is 7.33. The molecule has 1 aliphatic rings. The molecule has 0 atom stereocenters. The maximum absolute atomic E-state index is 12.3. The van der Waals surface area contributed by atoms with E-state index in [4.69, 9.17) is 5.73 Å². The van der Waals surface area contributed by atoms with Gasteiger partial charge in [0, 0.05) is 18.8 Å². The van der Waals surface area contributed by atoms with Gasteiger partial charge in [0.15, 0.2) is 0 Å². The van der Waals surface area contributed by atoms with E-state index in [2.05, 4.69) is 18.8 Å². The van der Waals surface area contributed by atoms with Crippen LogP contribution in [-0.4, -0.2) is 28.9 Å². The summed E-state index contributed by atoms with van der Waals surface area (Å²) >= 11 is 0. The molecule has 2 rings (SSSR count). The summed E-state index contributed by atoms with van der Waals surface area (Å²) < 4.78 is 0. The molecule has 0 spiro atoms. The summed E-state index contributed by atoms with van der Waals surface area (Å²) in [6, 6.07) is 3.99. The number of rotatable bonds is 3. The number of aromatic nitrogens is 1. The third-order valence-electron chi connectivity index (χ3n) is 4.43. The Morgan fingerprint density at radius 3 is 2.52 bits per heavy atom. The summed E-state index contributed by atoms with van der Waals surface area (Å²) in [4.78, 5) is 18.4. The lowest BCUT2D eigenvalue weighted by atomic mass is 9.75. The second kappa shape index (κ2) is 7.12. The molecule has 5 heteroatoms. The fraction of sp³-hybridized carbons (Fsp3) is 0.625. The number of pyridine rings is 1. The smallest absolute Gasteiger partial charge is 0.228 e. The van der Waals surface area contributed by atoms with Crippen molar-refractivity contribution in [2.75, 3.05) is 12.8 Å². The summed E-state index contributed by atoms with van der Waals surface area (Å²) in [5, 5.41) is 0. The SMILES string of the molecule is CN(C(=O)Cc1ccc(N)cn1)C1CCC(C)(C)CC1.Cl. The topological polar surface area (TPSA) is 59.2 Å². The summed E-state index contributed by atoms with van der Waals surface area (Å²) in [6.07, 6.45) is 6.54. The van der Waals surface area contributed by atoms with E-state index in [1.807, 2.05) is 18.0 Å². The van der Waals surface area contributed by atoms with Crippen LogP contribution in [-0.2, 0) is 11.2 Å². The average molecular weight is 312 g/mol. The number of carbonyl (C=O) groups excluding carboxylic acids is 1. The number of halogens is 1. The number of nitrogens with zero attached hydrogens (tertiary/aromatic N) is 2. The zero-order valence-corrected chi connectivity index (χ0v) is 13.9. The van der Waals surface area contributed by atoms with Gasteiger partial charge < -0.3 is 10.6 Å². The highest BCUT2D eigenvalue weighted by molar-refractivity contribution is 5.85. The van der Waals surface area contributed by atoms with Crippen molar-refractivity contribution in [1.82, 2.24) is 9.88 Å². The molecule has 0 radical (unpaired) electrons. The maximum Gasteiger partial charge on any atom is 0.228 e. The lowest BCUT2D eigenvalue weighted by Gasteiger charge is -2.38. The lowest BCUT2D eigenvalue weighted by Crippen LogP contribution is -2.41. The van der Waals surface area contributed by atoms with Crippen molar-refractivity contribution in [3.05, 3.63) is 24.0 Å². The molecule has 1 fully saturated rings. The Balaban J connectivity index is 0.00000220. The second-order valence-corrected chi connectivity index (χ2v) is 6.66. The highest BCUT2D eigenvalue weighted by atomic mass is 35.5. The van der Waals surface area contributed by atoms with E-state index < -0.39 is 0 Å². The zero-order valence-electron chi connectivity index (χ0n) is 13.1. The third-order valence-corrected chi connectivity index (χ3v) is 4.43. The van der Waals surface area contributed by atoms with Gasteiger partial charge in [-0.05, 0) is 43.2 Å². The van der Waals surface area contributed by atoms with Crippen molar-refractivity contribution >= 4 is 24.0 Å². The minimum absolute atomic E-state index is 0. The molecule has 1 aliphatic carbocycles. The third kappa shape index (κ3) is 4.88. The Morgan fingerprint density at radius 1 is 1.38 bits per heavy atom. The van der Waals surface area contributed by atoms with Crippen LogP contribution in [0.1, 0.15) is 45.2 Å². The van der Waals surface area contributed by atoms with Crippen molar-refractivity contribution in [3.63, 3.8) is 0 Å². The highest BCUT2D eigenvalue weighted by Crippen LogP contribution is 2.36. The summed E-state index contributed by atoms with van der Waals surface area (Å²) in [5.74, 6) is 0.145. The molecule has 0 unspecified atom stereocenters. The van der Waals surface area contributed by atoms with E-state index in [1.165, 1.54) is 12.8 Å². The molecule has 1 aromatic heterocycles. The first-order valence-corrected chi connectivity index (χ1v) is 7.33. The molecule has 2 N–H and O–H groups in total. The van der Waals surface area contributed by atoms with Gasteiger partial charge in [0.2, 0.25) is 5.91 Å². The molecule has 0 bridgehead atoms. The quantitative estimate of drug-likeness (QED) is 0.933.